The maximum Gasteiger partial charge on any atom is 0.142 e. The van der Waals surface area contributed by atoms with Crippen LogP contribution in [0.4, 0.5) is 0 Å². The van der Waals surface area contributed by atoms with Gasteiger partial charge in [0.15, 0.2) is 0 Å². The number of hydrogen-bond acceptors (Lipinski definition) is 3. The molecule has 0 aliphatic carbocycles. The maximum atomic E-state index is 9.43. The minimum Gasteiger partial charge on any atom is -0.455 e. The third-order valence-corrected chi connectivity index (χ3v) is 7.03. The summed E-state index contributed by atoms with van der Waals surface area (Å²) in [5, 5.41) is 3.18. The van der Waals surface area contributed by atoms with Crippen LogP contribution in [0.3, 0.4) is 0 Å². The number of benzene rings is 5. The highest BCUT2D eigenvalue weighted by Gasteiger charge is 2.19. The Morgan fingerprint density at radius 1 is 0.561 bits per heavy atom. The summed E-state index contributed by atoms with van der Waals surface area (Å²) in [4.78, 5) is 9.60. The van der Waals surface area contributed by atoms with Crippen LogP contribution in [-0.2, 0) is 0 Å². The fourth-order valence-electron chi connectivity index (χ4n) is 5.17. The Morgan fingerprint density at radius 3 is 2.00 bits per heavy atom. The molecule has 8 aromatic rings. The number of rotatable bonds is 4. The van der Waals surface area contributed by atoms with Gasteiger partial charge in [0, 0.05) is 39.2 Å². The standard InChI is InChI=1S/C38H24N2O/c1-3-10-25(11-4-1)35-24-33(38(41-35)28-12-5-2-6-13-28)31-20-21-32(30-16-8-7-15-29(30)31)34-22-19-27-18-17-26-14-9-23-39-36(26)37(27)40-34/h1-24H/i1D,2D,3D,4D,5D,6D,10D,11D,12D,13D,24D. The molecule has 8 rings (SSSR count). The third kappa shape index (κ3) is 3.98. The van der Waals surface area contributed by atoms with Gasteiger partial charge in [-0.2, -0.15) is 0 Å². The van der Waals surface area contributed by atoms with Gasteiger partial charge in [0.05, 0.1) is 31.8 Å². The van der Waals surface area contributed by atoms with Crippen molar-refractivity contribution in [1.29, 1.82) is 0 Å². The molecule has 0 radical (unpaired) electrons. The van der Waals surface area contributed by atoms with Crippen LogP contribution in [0.25, 0.3) is 77.6 Å². The van der Waals surface area contributed by atoms with Gasteiger partial charge in [0.1, 0.15) is 11.5 Å². The molecule has 0 spiro atoms. The Morgan fingerprint density at radius 2 is 1.22 bits per heavy atom. The van der Waals surface area contributed by atoms with Gasteiger partial charge in [-0.15, -0.1) is 0 Å². The van der Waals surface area contributed by atoms with E-state index in [-0.39, 0.29) is 22.9 Å². The first-order valence-corrected chi connectivity index (χ1v) is 12.9. The summed E-state index contributed by atoms with van der Waals surface area (Å²) >= 11 is 0. The number of hydrogen-bond donors (Lipinski definition) is 0. The molecule has 0 fully saturated rings. The molecular formula is C38H24N2O. The van der Waals surface area contributed by atoms with Gasteiger partial charge < -0.3 is 4.42 Å². The molecule has 3 aromatic heterocycles. The van der Waals surface area contributed by atoms with E-state index >= 15 is 0 Å². The zero-order chi connectivity index (χ0) is 36.7. The zero-order valence-corrected chi connectivity index (χ0v) is 21.3. The largest absolute Gasteiger partial charge is 0.455 e. The highest BCUT2D eigenvalue weighted by Crippen LogP contribution is 2.43. The van der Waals surface area contributed by atoms with Crippen LogP contribution in [0.15, 0.2) is 150 Å². The van der Waals surface area contributed by atoms with Gasteiger partial charge in [-0.3, -0.25) is 4.98 Å². The van der Waals surface area contributed by atoms with Crippen molar-refractivity contribution >= 4 is 32.6 Å². The molecule has 0 aliphatic heterocycles. The van der Waals surface area contributed by atoms with Crippen molar-refractivity contribution in [3.63, 3.8) is 0 Å². The summed E-state index contributed by atoms with van der Waals surface area (Å²) in [6, 6.07) is 16.0. The van der Waals surface area contributed by atoms with Crippen LogP contribution in [0.2, 0.25) is 0 Å². The van der Waals surface area contributed by atoms with Crippen molar-refractivity contribution in [1.82, 2.24) is 9.97 Å². The molecule has 3 nitrogen and oxygen atoms in total. The molecule has 192 valence electrons. The second-order valence-electron chi connectivity index (χ2n) is 9.38. The lowest BCUT2D eigenvalue weighted by Gasteiger charge is -2.12. The lowest BCUT2D eigenvalue weighted by Crippen LogP contribution is -1.91. The fraction of sp³-hybridized carbons (Fsp3) is 0. The lowest BCUT2D eigenvalue weighted by atomic mass is 9.92. The molecule has 3 heterocycles. The number of aromatic nitrogens is 2. The second-order valence-corrected chi connectivity index (χ2v) is 9.38. The second kappa shape index (κ2) is 9.58. The Bertz CT molecular complexity index is 2780. The molecule has 0 saturated carbocycles. The fourth-order valence-corrected chi connectivity index (χ4v) is 5.17. The predicted octanol–water partition coefficient (Wildman–Crippen LogP) is 10.2. The van der Waals surface area contributed by atoms with Crippen molar-refractivity contribution in [2.24, 2.45) is 0 Å². The molecule has 0 bridgehead atoms. The van der Waals surface area contributed by atoms with Crippen LogP contribution >= 0.6 is 0 Å². The summed E-state index contributed by atoms with van der Waals surface area (Å²) < 4.78 is 99.8. The van der Waals surface area contributed by atoms with Gasteiger partial charge in [-0.25, -0.2) is 4.98 Å². The highest BCUT2D eigenvalue weighted by molar-refractivity contribution is 6.08. The Hall–Kier alpha value is -5.54. The van der Waals surface area contributed by atoms with Crippen LogP contribution in [-0.4, -0.2) is 9.97 Å². The van der Waals surface area contributed by atoms with Crippen LogP contribution in [0, 0.1) is 0 Å². The van der Waals surface area contributed by atoms with Gasteiger partial charge >= 0.3 is 0 Å². The normalized spacial score (nSPS) is 15.2. The number of fused-ring (bicyclic) bond motifs is 4. The molecule has 0 amide bonds. The average Bonchev–Trinajstić information content (AvgIpc) is 3.49. The summed E-state index contributed by atoms with van der Waals surface area (Å²) in [6.45, 7) is 0. The first kappa shape index (κ1) is 14.7. The summed E-state index contributed by atoms with van der Waals surface area (Å²) in [5.41, 5.74) is 2.56. The molecule has 41 heavy (non-hydrogen) atoms. The van der Waals surface area contributed by atoms with E-state index in [1.165, 1.54) is 0 Å². The topological polar surface area (TPSA) is 38.9 Å². The van der Waals surface area contributed by atoms with E-state index in [1.807, 2.05) is 60.7 Å². The predicted molar refractivity (Wildman–Crippen MR) is 169 cm³/mol. The Kier molecular flexibility index (Phi) is 3.44. The first-order valence-electron chi connectivity index (χ1n) is 18.4. The Labute approximate surface area is 252 Å². The first-order chi connectivity index (χ1) is 24.9. The SMILES string of the molecule is [2H]c1c([2H])c([2H])c(-c2oc(-c3c([2H])c([2H])c([2H])c([2H])c3[2H])c(-c3ccc(-c4ccc5ccc6cccnc6c5n4)c4ccccc34)c2[2H])c([2H])c1[2H]. The van der Waals surface area contributed by atoms with Crippen molar-refractivity contribution < 1.29 is 19.5 Å². The van der Waals surface area contributed by atoms with E-state index in [2.05, 4.69) is 4.98 Å². The van der Waals surface area contributed by atoms with Crippen LogP contribution in [0.5, 0.6) is 0 Å². The average molecular weight is 536 g/mol. The van der Waals surface area contributed by atoms with E-state index in [1.54, 1.807) is 18.3 Å². The van der Waals surface area contributed by atoms with Crippen LogP contribution in [0.1, 0.15) is 15.1 Å². The molecule has 0 N–H and O–H groups in total. The Balaban J connectivity index is 1.45. The highest BCUT2D eigenvalue weighted by atomic mass is 16.3. The minimum atomic E-state index is -0.640. The van der Waals surface area contributed by atoms with Crippen LogP contribution < -0.4 is 0 Å². The van der Waals surface area contributed by atoms with Gasteiger partial charge in [-0.1, -0.05) is 121 Å². The summed E-state index contributed by atoms with van der Waals surface area (Å²) in [7, 11) is 0. The van der Waals surface area contributed by atoms with Crippen molar-refractivity contribution in [3.05, 3.63) is 145 Å². The van der Waals surface area contributed by atoms with E-state index in [0.717, 1.165) is 32.8 Å². The van der Waals surface area contributed by atoms with Crippen molar-refractivity contribution in [2.75, 3.05) is 0 Å². The van der Waals surface area contributed by atoms with E-state index in [4.69, 9.17) is 23.1 Å². The number of nitrogens with zero attached hydrogens (tertiary/aromatic N) is 2. The van der Waals surface area contributed by atoms with E-state index in [0.29, 0.717) is 16.6 Å². The quantitative estimate of drug-likeness (QED) is 0.210. The number of pyridine rings is 2. The van der Waals surface area contributed by atoms with E-state index in [9.17, 15) is 1.37 Å². The molecule has 0 aliphatic rings. The van der Waals surface area contributed by atoms with Gasteiger partial charge in [0.2, 0.25) is 0 Å². The van der Waals surface area contributed by atoms with Gasteiger partial charge in [-0.05, 0) is 34.5 Å². The molecule has 5 aromatic carbocycles. The number of furan rings is 1. The monoisotopic (exact) mass is 535 g/mol. The maximum absolute atomic E-state index is 9.43. The van der Waals surface area contributed by atoms with Crippen molar-refractivity contribution in [3.8, 4) is 45.0 Å². The smallest absolute Gasteiger partial charge is 0.142 e. The molecule has 3 heteroatoms. The zero-order valence-electron chi connectivity index (χ0n) is 32.3. The summed E-state index contributed by atoms with van der Waals surface area (Å²) in [5.74, 6) is -0.680. The molecular weight excluding hydrogens is 500 g/mol. The summed E-state index contributed by atoms with van der Waals surface area (Å²) in [6.07, 6.45) is 1.72. The molecule has 0 unspecified atom stereocenters. The molecule has 0 saturated heterocycles. The van der Waals surface area contributed by atoms with Crippen molar-refractivity contribution in [2.45, 2.75) is 0 Å². The van der Waals surface area contributed by atoms with Gasteiger partial charge in [0.25, 0.3) is 0 Å². The lowest BCUT2D eigenvalue weighted by molar-refractivity contribution is 0.598. The third-order valence-electron chi connectivity index (χ3n) is 7.03. The molecule has 0 atom stereocenters. The van der Waals surface area contributed by atoms with E-state index < -0.39 is 71.7 Å². The minimum absolute atomic E-state index is 0.0183.